The Labute approximate surface area is 155 Å². The van der Waals surface area contributed by atoms with Gasteiger partial charge in [0.15, 0.2) is 6.61 Å². The van der Waals surface area contributed by atoms with Gasteiger partial charge in [-0.15, -0.1) is 0 Å². The summed E-state index contributed by atoms with van der Waals surface area (Å²) in [6.07, 6.45) is 4.66. The number of anilines is 1. The summed E-state index contributed by atoms with van der Waals surface area (Å²) >= 11 is 0. The number of esters is 1. The minimum absolute atomic E-state index is 0.227. The molecule has 1 N–H and O–H groups in total. The number of amides is 3. The number of fused-ring (bicyclic) bond motifs is 1. The van der Waals surface area contributed by atoms with Crippen molar-refractivity contribution in [3.05, 3.63) is 42.2 Å². The number of imide groups is 1. The summed E-state index contributed by atoms with van der Waals surface area (Å²) in [5.74, 6) is -3.66. The molecular formula is C19H19FN2O5. The topological polar surface area (TPSA) is 92.8 Å². The highest BCUT2D eigenvalue weighted by Crippen LogP contribution is 2.36. The van der Waals surface area contributed by atoms with Crippen LogP contribution in [0.2, 0.25) is 0 Å². The minimum atomic E-state index is -1.11. The fraction of sp³-hybridized carbons (Fsp3) is 0.368. The molecule has 3 atom stereocenters. The highest BCUT2D eigenvalue weighted by Gasteiger charge is 2.50. The van der Waals surface area contributed by atoms with Crippen LogP contribution in [0.15, 0.2) is 36.4 Å². The second-order valence-electron chi connectivity index (χ2n) is 6.54. The van der Waals surface area contributed by atoms with E-state index in [0.717, 1.165) is 11.0 Å². The van der Waals surface area contributed by atoms with Gasteiger partial charge in [0.2, 0.25) is 11.8 Å². The SMILES string of the molecule is C[C@@H](C(=O)OCC(=O)Nc1cccc(F)c1)N1C(=O)[C@H]2CC=CC[C@@H]2C1=O. The summed E-state index contributed by atoms with van der Waals surface area (Å²) < 4.78 is 18.0. The summed E-state index contributed by atoms with van der Waals surface area (Å²) in [5.41, 5.74) is 0.227. The van der Waals surface area contributed by atoms with Crippen LogP contribution >= 0.6 is 0 Å². The summed E-state index contributed by atoms with van der Waals surface area (Å²) in [6, 6.07) is 4.16. The first-order valence-corrected chi connectivity index (χ1v) is 8.62. The smallest absolute Gasteiger partial charge is 0.329 e. The minimum Gasteiger partial charge on any atom is -0.454 e. The van der Waals surface area contributed by atoms with Crippen molar-refractivity contribution in [2.45, 2.75) is 25.8 Å². The molecule has 0 bridgehead atoms. The highest BCUT2D eigenvalue weighted by atomic mass is 19.1. The van der Waals surface area contributed by atoms with Crippen molar-refractivity contribution in [1.82, 2.24) is 4.90 Å². The van der Waals surface area contributed by atoms with E-state index in [9.17, 15) is 23.6 Å². The van der Waals surface area contributed by atoms with Crippen LogP contribution in [-0.4, -0.2) is 41.2 Å². The number of nitrogens with zero attached hydrogens (tertiary/aromatic N) is 1. The fourth-order valence-electron chi connectivity index (χ4n) is 3.33. The summed E-state index contributed by atoms with van der Waals surface area (Å²) in [7, 11) is 0. The number of hydrogen-bond acceptors (Lipinski definition) is 5. The molecule has 1 heterocycles. The molecule has 1 aromatic rings. The van der Waals surface area contributed by atoms with Crippen LogP contribution in [0.5, 0.6) is 0 Å². The summed E-state index contributed by atoms with van der Waals surface area (Å²) in [4.78, 5) is 49.9. The van der Waals surface area contributed by atoms with Crippen molar-refractivity contribution in [1.29, 1.82) is 0 Å². The molecule has 7 nitrogen and oxygen atoms in total. The van der Waals surface area contributed by atoms with Gasteiger partial charge >= 0.3 is 5.97 Å². The first-order valence-electron chi connectivity index (χ1n) is 8.62. The molecular weight excluding hydrogens is 355 g/mol. The fourth-order valence-corrected chi connectivity index (χ4v) is 3.33. The Morgan fingerprint density at radius 1 is 1.22 bits per heavy atom. The first-order chi connectivity index (χ1) is 12.9. The molecule has 142 valence electrons. The van der Waals surface area contributed by atoms with E-state index in [1.165, 1.54) is 25.1 Å². The van der Waals surface area contributed by atoms with Crippen LogP contribution in [0.4, 0.5) is 10.1 Å². The lowest BCUT2D eigenvalue weighted by Crippen LogP contribution is -2.45. The second kappa shape index (κ2) is 7.69. The largest absolute Gasteiger partial charge is 0.454 e. The number of rotatable bonds is 5. The number of carbonyl (C=O) groups excluding carboxylic acids is 4. The number of nitrogens with one attached hydrogen (secondary N) is 1. The van der Waals surface area contributed by atoms with Crippen LogP contribution < -0.4 is 5.32 Å². The molecule has 3 rings (SSSR count). The lowest BCUT2D eigenvalue weighted by atomic mass is 9.85. The average Bonchev–Trinajstić information content (AvgIpc) is 2.90. The van der Waals surface area contributed by atoms with E-state index in [2.05, 4.69) is 5.32 Å². The van der Waals surface area contributed by atoms with Gasteiger partial charge in [-0.25, -0.2) is 9.18 Å². The van der Waals surface area contributed by atoms with Crippen molar-refractivity contribution in [2.75, 3.05) is 11.9 Å². The van der Waals surface area contributed by atoms with Crippen molar-refractivity contribution in [3.8, 4) is 0 Å². The predicted octanol–water partition coefficient (Wildman–Crippen LogP) is 1.65. The Balaban J connectivity index is 1.55. The van der Waals surface area contributed by atoms with Crippen molar-refractivity contribution < 1.29 is 28.3 Å². The van der Waals surface area contributed by atoms with E-state index in [1.54, 1.807) is 0 Å². The average molecular weight is 374 g/mol. The Morgan fingerprint density at radius 3 is 2.44 bits per heavy atom. The molecule has 0 unspecified atom stereocenters. The van der Waals surface area contributed by atoms with Crippen molar-refractivity contribution in [2.24, 2.45) is 11.8 Å². The molecule has 0 saturated carbocycles. The normalized spacial score (nSPS) is 22.4. The van der Waals surface area contributed by atoms with Gasteiger partial charge in [0.05, 0.1) is 11.8 Å². The number of halogens is 1. The maximum absolute atomic E-state index is 13.1. The van der Waals surface area contributed by atoms with Crippen molar-refractivity contribution in [3.63, 3.8) is 0 Å². The number of carbonyl (C=O) groups is 4. The maximum Gasteiger partial charge on any atom is 0.329 e. The number of benzene rings is 1. The van der Waals surface area contributed by atoms with Gasteiger partial charge in [-0.2, -0.15) is 0 Å². The molecule has 0 spiro atoms. The molecule has 0 radical (unpaired) electrons. The van der Waals surface area contributed by atoms with E-state index in [-0.39, 0.29) is 17.5 Å². The zero-order valence-corrected chi connectivity index (χ0v) is 14.7. The zero-order valence-electron chi connectivity index (χ0n) is 14.7. The predicted molar refractivity (Wildman–Crippen MR) is 92.7 cm³/mol. The lowest BCUT2D eigenvalue weighted by Gasteiger charge is -2.21. The molecule has 2 aliphatic rings. The van der Waals surface area contributed by atoms with Crippen LogP contribution in [0.3, 0.4) is 0 Å². The van der Waals surface area contributed by atoms with E-state index < -0.39 is 42.2 Å². The molecule has 0 aromatic heterocycles. The Morgan fingerprint density at radius 2 is 1.85 bits per heavy atom. The highest BCUT2D eigenvalue weighted by molar-refractivity contribution is 6.08. The van der Waals surface area contributed by atoms with E-state index in [0.29, 0.717) is 12.8 Å². The molecule has 1 aliphatic carbocycles. The van der Waals surface area contributed by atoms with Crippen LogP contribution in [-0.2, 0) is 23.9 Å². The maximum atomic E-state index is 13.1. The summed E-state index contributed by atoms with van der Waals surface area (Å²) in [5, 5.41) is 2.39. The van der Waals surface area contributed by atoms with Gasteiger partial charge in [-0.05, 0) is 38.0 Å². The third-order valence-electron chi connectivity index (χ3n) is 4.72. The van der Waals surface area contributed by atoms with Crippen molar-refractivity contribution >= 4 is 29.4 Å². The van der Waals surface area contributed by atoms with Gasteiger partial charge in [-0.3, -0.25) is 19.3 Å². The van der Waals surface area contributed by atoms with Crippen LogP contribution in [0.1, 0.15) is 19.8 Å². The molecule has 27 heavy (non-hydrogen) atoms. The lowest BCUT2D eigenvalue weighted by molar-refractivity contribution is -0.159. The van der Waals surface area contributed by atoms with Gasteiger partial charge in [0.25, 0.3) is 5.91 Å². The number of hydrogen-bond donors (Lipinski definition) is 1. The summed E-state index contributed by atoms with van der Waals surface area (Å²) in [6.45, 7) is 0.789. The standard InChI is InChI=1S/C19H19FN2O5/c1-11(22-17(24)14-7-2-3-8-15(14)18(22)25)19(26)27-10-16(23)21-13-6-4-5-12(20)9-13/h2-6,9,11,14-15H,7-8,10H2,1H3,(H,21,23)/t11-,14-,15-/m0/s1. The Bertz CT molecular complexity index is 796. The van der Waals surface area contributed by atoms with Gasteiger partial charge in [-0.1, -0.05) is 18.2 Å². The Kier molecular flexibility index (Phi) is 5.34. The molecule has 3 amide bonds. The molecule has 1 fully saturated rings. The molecule has 1 aliphatic heterocycles. The van der Waals surface area contributed by atoms with Gasteiger partial charge < -0.3 is 10.1 Å². The third kappa shape index (κ3) is 3.89. The number of ether oxygens (including phenoxy) is 1. The van der Waals surface area contributed by atoms with Gasteiger partial charge in [0, 0.05) is 5.69 Å². The molecule has 1 saturated heterocycles. The number of likely N-dealkylation sites (tertiary alicyclic amines) is 1. The molecule has 1 aromatic carbocycles. The Hall–Kier alpha value is -3.03. The molecule has 8 heteroatoms. The number of allylic oxidation sites excluding steroid dienone is 2. The van der Waals surface area contributed by atoms with Gasteiger partial charge in [0.1, 0.15) is 11.9 Å². The zero-order chi connectivity index (χ0) is 19.6. The van der Waals surface area contributed by atoms with E-state index >= 15 is 0 Å². The second-order valence-corrected chi connectivity index (χ2v) is 6.54. The third-order valence-corrected chi connectivity index (χ3v) is 4.72. The van der Waals surface area contributed by atoms with E-state index in [1.807, 2.05) is 12.2 Å². The quantitative estimate of drug-likeness (QED) is 0.481. The van der Waals surface area contributed by atoms with E-state index in [4.69, 9.17) is 4.74 Å². The monoisotopic (exact) mass is 374 g/mol. The van der Waals surface area contributed by atoms with Crippen LogP contribution in [0.25, 0.3) is 0 Å². The first kappa shape index (κ1) is 18.8. The van der Waals surface area contributed by atoms with Crippen LogP contribution in [0, 0.1) is 17.7 Å².